The van der Waals surface area contributed by atoms with Crippen LogP contribution in [0.2, 0.25) is 5.15 Å². The van der Waals surface area contributed by atoms with Crippen LogP contribution in [0.15, 0.2) is 40.3 Å². The third-order valence-corrected chi connectivity index (χ3v) is 6.00. The molecule has 0 saturated carbocycles. The Balaban J connectivity index is 1.64. The maximum absolute atomic E-state index is 12.6. The molecule has 5 nitrogen and oxygen atoms in total. The molecule has 0 radical (unpaired) electrons. The number of benzene rings is 1. The zero-order valence-corrected chi connectivity index (χ0v) is 16.8. The van der Waals surface area contributed by atoms with E-state index in [4.69, 9.17) is 11.6 Å². The Hall–Kier alpha value is -1.74. The minimum atomic E-state index is -0.327. The van der Waals surface area contributed by atoms with Gasteiger partial charge in [0.05, 0.1) is 5.69 Å². The summed E-state index contributed by atoms with van der Waals surface area (Å²) < 4.78 is 2.69. The van der Waals surface area contributed by atoms with Gasteiger partial charge in [0.15, 0.2) is 20.9 Å². The minimum absolute atomic E-state index is 0.186. The molecule has 3 heterocycles. The van der Waals surface area contributed by atoms with Gasteiger partial charge in [0, 0.05) is 26.5 Å². The molecule has 0 fully saturated rings. The highest BCUT2D eigenvalue weighted by Crippen LogP contribution is 2.31. The lowest BCUT2D eigenvalue weighted by atomic mass is 10.1. The average Bonchev–Trinajstić information content (AvgIpc) is 3.22. The summed E-state index contributed by atoms with van der Waals surface area (Å²) in [6.45, 7) is 1.98. The Morgan fingerprint density at radius 1 is 1.28 bits per heavy atom. The van der Waals surface area contributed by atoms with Gasteiger partial charge in [-0.2, -0.15) is 0 Å². The highest BCUT2D eigenvalue weighted by molar-refractivity contribution is 9.10. The van der Waals surface area contributed by atoms with Gasteiger partial charge in [-0.3, -0.25) is 14.5 Å². The zero-order chi connectivity index (χ0) is 17.6. The number of aromatic nitrogens is 3. The van der Waals surface area contributed by atoms with E-state index in [-0.39, 0.29) is 11.1 Å². The molecule has 3 aromatic heterocycles. The second kappa shape index (κ2) is 6.53. The van der Waals surface area contributed by atoms with Gasteiger partial charge < -0.3 is 0 Å². The second-order valence-corrected chi connectivity index (χ2v) is 8.54. The quantitative estimate of drug-likeness (QED) is 0.446. The number of carbonyl (C=O) groups is 1. The SMILES string of the molecule is Cc1sc(NC(=O)c2c(Cl)nc3sccn23)nc1-c1ccc(Br)cc1. The molecule has 0 spiro atoms. The summed E-state index contributed by atoms with van der Waals surface area (Å²) in [5, 5.41) is 5.40. The molecule has 25 heavy (non-hydrogen) atoms. The van der Waals surface area contributed by atoms with E-state index in [1.807, 2.05) is 36.6 Å². The van der Waals surface area contributed by atoms with Crippen molar-refractivity contribution in [3.8, 4) is 11.3 Å². The average molecular weight is 454 g/mol. The monoisotopic (exact) mass is 452 g/mol. The first kappa shape index (κ1) is 16.7. The van der Waals surface area contributed by atoms with E-state index in [0.717, 1.165) is 20.6 Å². The van der Waals surface area contributed by atoms with Crippen molar-refractivity contribution in [2.75, 3.05) is 5.32 Å². The summed E-state index contributed by atoms with van der Waals surface area (Å²) in [5.41, 5.74) is 2.17. The van der Waals surface area contributed by atoms with E-state index >= 15 is 0 Å². The van der Waals surface area contributed by atoms with Crippen LogP contribution in [0.5, 0.6) is 0 Å². The number of carbonyl (C=O) groups excluding carboxylic acids is 1. The van der Waals surface area contributed by atoms with E-state index in [9.17, 15) is 4.79 Å². The van der Waals surface area contributed by atoms with Crippen LogP contribution in [0, 0.1) is 6.92 Å². The largest absolute Gasteiger partial charge is 0.296 e. The predicted molar refractivity (Wildman–Crippen MR) is 106 cm³/mol. The highest BCUT2D eigenvalue weighted by Gasteiger charge is 2.20. The van der Waals surface area contributed by atoms with Crippen LogP contribution in [0.1, 0.15) is 15.4 Å². The van der Waals surface area contributed by atoms with Crippen LogP contribution in [0.3, 0.4) is 0 Å². The molecule has 4 aromatic rings. The number of aryl methyl sites for hydroxylation is 1. The van der Waals surface area contributed by atoms with Gasteiger partial charge in [-0.25, -0.2) is 9.97 Å². The number of thiazole rings is 2. The minimum Gasteiger partial charge on any atom is -0.296 e. The Morgan fingerprint density at radius 3 is 2.80 bits per heavy atom. The van der Waals surface area contributed by atoms with Gasteiger partial charge in [-0.15, -0.1) is 22.7 Å². The van der Waals surface area contributed by atoms with Crippen molar-refractivity contribution in [2.45, 2.75) is 6.92 Å². The predicted octanol–water partition coefficient (Wildman–Crippen LogP) is 5.50. The standard InChI is InChI=1S/C16H10BrClN4OS2/c1-8-11(9-2-4-10(17)5-3-9)19-15(25-8)21-14(23)12-13(18)20-16-22(12)6-7-24-16/h2-7H,1H3,(H,19,21,23). The Kier molecular flexibility index (Phi) is 4.36. The molecular formula is C16H10BrClN4OS2. The number of rotatable bonds is 3. The summed E-state index contributed by atoms with van der Waals surface area (Å²) in [7, 11) is 0. The summed E-state index contributed by atoms with van der Waals surface area (Å²) in [6.07, 6.45) is 1.77. The van der Waals surface area contributed by atoms with Crippen LogP contribution in [-0.2, 0) is 0 Å². The number of anilines is 1. The highest BCUT2D eigenvalue weighted by atomic mass is 79.9. The lowest BCUT2D eigenvalue weighted by Gasteiger charge is -2.01. The van der Waals surface area contributed by atoms with Crippen molar-refractivity contribution in [2.24, 2.45) is 0 Å². The number of nitrogens with one attached hydrogen (secondary N) is 1. The fourth-order valence-corrected chi connectivity index (χ4v) is 4.56. The molecule has 9 heteroatoms. The first-order valence-corrected chi connectivity index (χ1v) is 10.1. The maximum atomic E-state index is 12.6. The van der Waals surface area contributed by atoms with Gasteiger partial charge in [0.2, 0.25) is 0 Å². The maximum Gasteiger partial charge on any atom is 0.277 e. The molecule has 0 aliphatic heterocycles. The first-order chi connectivity index (χ1) is 12.0. The topological polar surface area (TPSA) is 59.3 Å². The number of halogens is 2. The van der Waals surface area contributed by atoms with Gasteiger partial charge in [0.25, 0.3) is 5.91 Å². The van der Waals surface area contributed by atoms with Crippen molar-refractivity contribution >= 4 is 66.2 Å². The first-order valence-electron chi connectivity index (χ1n) is 7.18. The number of hydrogen-bond donors (Lipinski definition) is 1. The van der Waals surface area contributed by atoms with E-state index in [1.54, 1.807) is 10.6 Å². The van der Waals surface area contributed by atoms with Crippen LogP contribution in [0.25, 0.3) is 16.2 Å². The fourth-order valence-electron chi connectivity index (χ4n) is 2.44. The number of hydrogen-bond acceptors (Lipinski definition) is 5. The molecule has 126 valence electrons. The van der Waals surface area contributed by atoms with Crippen molar-refractivity contribution in [3.63, 3.8) is 0 Å². The summed E-state index contributed by atoms with van der Waals surface area (Å²) in [5.74, 6) is -0.327. The van der Waals surface area contributed by atoms with E-state index < -0.39 is 0 Å². The fraction of sp³-hybridized carbons (Fsp3) is 0.0625. The van der Waals surface area contributed by atoms with Crippen molar-refractivity contribution < 1.29 is 4.79 Å². The van der Waals surface area contributed by atoms with Crippen molar-refractivity contribution in [1.82, 2.24) is 14.4 Å². The van der Waals surface area contributed by atoms with Crippen molar-refractivity contribution in [3.05, 3.63) is 56.0 Å². The number of nitrogens with zero attached hydrogens (tertiary/aromatic N) is 3. The third-order valence-electron chi connectivity index (χ3n) is 3.57. The summed E-state index contributed by atoms with van der Waals surface area (Å²) >= 11 is 12.4. The molecule has 4 rings (SSSR count). The Bertz CT molecular complexity index is 1080. The number of amides is 1. The number of fused-ring (bicyclic) bond motifs is 1. The van der Waals surface area contributed by atoms with Gasteiger partial charge in [-0.1, -0.05) is 39.7 Å². The molecule has 1 aromatic carbocycles. The third kappa shape index (κ3) is 3.10. The second-order valence-electron chi connectivity index (χ2n) is 5.19. The molecule has 1 N–H and O–H groups in total. The van der Waals surface area contributed by atoms with Gasteiger partial charge in [0.1, 0.15) is 0 Å². The van der Waals surface area contributed by atoms with E-state index in [2.05, 4.69) is 31.2 Å². The molecule has 0 aliphatic carbocycles. The smallest absolute Gasteiger partial charge is 0.277 e. The van der Waals surface area contributed by atoms with Crippen molar-refractivity contribution in [1.29, 1.82) is 0 Å². The van der Waals surface area contributed by atoms with Gasteiger partial charge >= 0.3 is 0 Å². The Labute approximate surface area is 164 Å². The van der Waals surface area contributed by atoms with Crippen LogP contribution in [0.4, 0.5) is 5.13 Å². The lowest BCUT2D eigenvalue weighted by Crippen LogP contribution is -2.14. The van der Waals surface area contributed by atoms with E-state index in [0.29, 0.717) is 15.8 Å². The Morgan fingerprint density at radius 2 is 2.04 bits per heavy atom. The normalized spacial score (nSPS) is 11.2. The van der Waals surface area contributed by atoms with Crippen LogP contribution < -0.4 is 5.32 Å². The van der Waals surface area contributed by atoms with Crippen LogP contribution >= 0.6 is 50.2 Å². The molecule has 0 bridgehead atoms. The molecule has 0 aliphatic rings. The summed E-state index contributed by atoms with van der Waals surface area (Å²) in [4.78, 5) is 23.1. The van der Waals surface area contributed by atoms with E-state index in [1.165, 1.54) is 22.7 Å². The lowest BCUT2D eigenvalue weighted by molar-refractivity contribution is 0.102. The molecular weight excluding hydrogens is 444 g/mol. The number of imidazole rings is 1. The molecule has 0 atom stereocenters. The molecule has 0 unspecified atom stereocenters. The summed E-state index contributed by atoms with van der Waals surface area (Å²) in [6, 6.07) is 7.90. The van der Waals surface area contributed by atoms with Gasteiger partial charge in [-0.05, 0) is 19.1 Å². The molecule has 1 amide bonds. The van der Waals surface area contributed by atoms with Crippen LogP contribution in [-0.4, -0.2) is 20.3 Å². The molecule has 0 saturated heterocycles. The zero-order valence-electron chi connectivity index (χ0n) is 12.8.